The number of benzene rings is 1. The summed E-state index contributed by atoms with van der Waals surface area (Å²) in [5.74, 6) is 0.0641. The molecule has 0 spiro atoms. The minimum absolute atomic E-state index is 0.0641. The first-order valence-electron chi connectivity index (χ1n) is 7.15. The van der Waals surface area contributed by atoms with Crippen molar-refractivity contribution in [2.24, 2.45) is 0 Å². The van der Waals surface area contributed by atoms with Gasteiger partial charge in [-0.3, -0.25) is 4.79 Å². The Morgan fingerprint density at radius 2 is 1.76 bits per heavy atom. The highest BCUT2D eigenvalue weighted by Gasteiger charge is 2.23. The second-order valence-electron chi connectivity index (χ2n) is 5.56. The lowest BCUT2D eigenvalue weighted by atomic mass is 10.1. The van der Waals surface area contributed by atoms with Gasteiger partial charge in [0, 0.05) is 26.2 Å². The second kappa shape index (κ2) is 6.58. The lowest BCUT2D eigenvalue weighted by Crippen LogP contribution is -2.37. The van der Waals surface area contributed by atoms with Crippen LogP contribution in [0.3, 0.4) is 0 Å². The molecule has 0 atom stereocenters. The number of hydrogen-bond acceptors (Lipinski definition) is 3. The Morgan fingerprint density at radius 1 is 1.10 bits per heavy atom. The normalized spacial score (nSPS) is 17.5. The molecule has 1 saturated heterocycles. The molecule has 116 valence electrons. The van der Waals surface area contributed by atoms with Gasteiger partial charge in [-0.05, 0) is 18.9 Å². The zero-order valence-corrected chi connectivity index (χ0v) is 13.4. The SMILES string of the molecule is Cc1ccc(CC(=O)N2CCCN(S(C)(=O)=O)CC2)cc1. The molecule has 0 aliphatic carbocycles. The molecule has 1 amide bonds. The third kappa shape index (κ3) is 4.54. The van der Waals surface area contributed by atoms with Gasteiger partial charge in [-0.1, -0.05) is 29.8 Å². The van der Waals surface area contributed by atoms with Crippen molar-refractivity contribution in [2.75, 3.05) is 32.4 Å². The fraction of sp³-hybridized carbons (Fsp3) is 0.533. The van der Waals surface area contributed by atoms with E-state index in [-0.39, 0.29) is 5.91 Å². The number of aryl methyl sites for hydroxylation is 1. The lowest BCUT2D eigenvalue weighted by molar-refractivity contribution is -0.130. The highest BCUT2D eigenvalue weighted by atomic mass is 32.2. The highest BCUT2D eigenvalue weighted by molar-refractivity contribution is 7.88. The Morgan fingerprint density at radius 3 is 2.38 bits per heavy atom. The molecule has 1 aromatic rings. The van der Waals surface area contributed by atoms with Crippen molar-refractivity contribution >= 4 is 15.9 Å². The predicted molar refractivity (Wildman–Crippen MR) is 82.5 cm³/mol. The van der Waals surface area contributed by atoms with Gasteiger partial charge in [0.15, 0.2) is 0 Å². The van der Waals surface area contributed by atoms with Crippen molar-refractivity contribution < 1.29 is 13.2 Å². The van der Waals surface area contributed by atoms with Gasteiger partial charge in [-0.25, -0.2) is 12.7 Å². The number of carbonyl (C=O) groups excluding carboxylic acids is 1. The summed E-state index contributed by atoms with van der Waals surface area (Å²) in [7, 11) is -3.17. The van der Waals surface area contributed by atoms with E-state index in [4.69, 9.17) is 0 Å². The first-order valence-corrected chi connectivity index (χ1v) is 8.99. The van der Waals surface area contributed by atoms with Crippen molar-refractivity contribution in [3.8, 4) is 0 Å². The summed E-state index contributed by atoms with van der Waals surface area (Å²) in [6.07, 6.45) is 2.28. The average Bonchev–Trinajstić information content (AvgIpc) is 2.67. The van der Waals surface area contributed by atoms with Crippen molar-refractivity contribution in [3.05, 3.63) is 35.4 Å². The van der Waals surface area contributed by atoms with Crippen LogP contribution in [0.2, 0.25) is 0 Å². The summed E-state index contributed by atoms with van der Waals surface area (Å²) in [5.41, 5.74) is 2.17. The fourth-order valence-electron chi connectivity index (χ4n) is 2.47. The van der Waals surface area contributed by atoms with Crippen LogP contribution in [0.15, 0.2) is 24.3 Å². The Hall–Kier alpha value is -1.40. The molecule has 1 aromatic carbocycles. The number of rotatable bonds is 3. The molecule has 2 rings (SSSR count). The zero-order valence-electron chi connectivity index (χ0n) is 12.6. The van der Waals surface area contributed by atoms with E-state index in [9.17, 15) is 13.2 Å². The first kappa shape index (κ1) is 16.0. The van der Waals surface area contributed by atoms with Crippen molar-refractivity contribution in [2.45, 2.75) is 19.8 Å². The molecule has 0 N–H and O–H groups in total. The molecular formula is C15H22N2O3S. The Kier molecular flexibility index (Phi) is 5.00. The van der Waals surface area contributed by atoms with Gasteiger partial charge in [0.2, 0.25) is 15.9 Å². The molecule has 5 nitrogen and oxygen atoms in total. The molecule has 0 unspecified atom stereocenters. The van der Waals surface area contributed by atoms with Crippen LogP contribution in [0.5, 0.6) is 0 Å². The number of hydrogen-bond donors (Lipinski definition) is 0. The van der Waals surface area contributed by atoms with Crippen LogP contribution in [-0.4, -0.2) is 56.0 Å². The Bertz CT molecular complexity index is 596. The summed E-state index contributed by atoms with van der Waals surface area (Å²) in [6.45, 7) is 3.99. The Balaban J connectivity index is 1.95. The molecule has 1 aliphatic rings. The summed E-state index contributed by atoms with van der Waals surface area (Å²) in [6, 6.07) is 7.93. The van der Waals surface area contributed by atoms with Gasteiger partial charge < -0.3 is 4.90 Å². The van der Waals surface area contributed by atoms with Crippen LogP contribution >= 0.6 is 0 Å². The van der Waals surface area contributed by atoms with Gasteiger partial charge in [0.05, 0.1) is 12.7 Å². The van der Waals surface area contributed by atoms with E-state index in [1.54, 1.807) is 4.90 Å². The van der Waals surface area contributed by atoms with E-state index in [0.717, 1.165) is 5.56 Å². The number of sulfonamides is 1. The molecule has 0 radical (unpaired) electrons. The van der Waals surface area contributed by atoms with Crippen molar-refractivity contribution in [1.29, 1.82) is 0 Å². The van der Waals surface area contributed by atoms with Crippen LogP contribution < -0.4 is 0 Å². The van der Waals surface area contributed by atoms with Gasteiger partial charge in [0.1, 0.15) is 0 Å². The molecule has 0 aromatic heterocycles. The summed E-state index contributed by atoms with van der Waals surface area (Å²) in [4.78, 5) is 14.1. The first-order chi connectivity index (χ1) is 9.86. The van der Waals surface area contributed by atoms with Crippen LogP contribution in [0.4, 0.5) is 0 Å². The van der Waals surface area contributed by atoms with Crippen LogP contribution in [0.1, 0.15) is 17.5 Å². The van der Waals surface area contributed by atoms with Gasteiger partial charge >= 0.3 is 0 Å². The lowest BCUT2D eigenvalue weighted by Gasteiger charge is -2.21. The van der Waals surface area contributed by atoms with Gasteiger partial charge in [-0.2, -0.15) is 0 Å². The van der Waals surface area contributed by atoms with Crippen LogP contribution in [0, 0.1) is 6.92 Å². The van der Waals surface area contributed by atoms with Gasteiger partial charge in [-0.15, -0.1) is 0 Å². The zero-order chi connectivity index (χ0) is 15.5. The maximum atomic E-state index is 12.3. The third-order valence-electron chi connectivity index (χ3n) is 3.75. The van der Waals surface area contributed by atoms with Gasteiger partial charge in [0.25, 0.3) is 0 Å². The van der Waals surface area contributed by atoms with E-state index < -0.39 is 10.0 Å². The van der Waals surface area contributed by atoms with Crippen molar-refractivity contribution in [3.63, 3.8) is 0 Å². The summed E-state index contributed by atoms with van der Waals surface area (Å²) < 4.78 is 24.6. The molecule has 21 heavy (non-hydrogen) atoms. The van der Waals surface area contributed by atoms with E-state index in [2.05, 4.69) is 0 Å². The maximum Gasteiger partial charge on any atom is 0.227 e. The molecule has 0 saturated carbocycles. The summed E-state index contributed by atoms with van der Waals surface area (Å²) >= 11 is 0. The second-order valence-corrected chi connectivity index (χ2v) is 7.54. The summed E-state index contributed by atoms with van der Waals surface area (Å²) in [5, 5.41) is 0. The largest absolute Gasteiger partial charge is 0.341 e. The highest BCUT2D eigenvalue weighted by Crippen LogP contribution is 2.10. The average molecular weight is 310 g/mol. The molecule has 1 fully saturated rings. The number of nitrogens with zero attached hydrogens (tertiary/aromatic N) is 2. The molecule has 1 aliphatic heterocycles. The standard InChI is InChI=1S/C15H22N2O3S/c1-13-4-6-14(7-5-13)12-15(18)16-8-3-9-17(11-10-16)21(2,19)20/h4-7H,3,8-12H2,1-2H3. The molecule has 1 heterocycles. The smallest absolute Gasteiger partial charge is 0.227 e. The van der Waals surface area contributed by atoms with Crippen LogP contribution in [-0.2, 0) is 21.2 Å². The minimum Gasteiger partial charge on any atom is -0.341 e. The van der Waals surface area contributed by atoms with Crippen molar-refractivity contribution in [1.82, 2.24) is 9.21 Å². The van der Waals surface area contributed by atoms with E-state index in [0.29, 0.717) is 39.0 Å². The monoisotopic (exact) mass is 310 g/mol. The number of carbonyl (C=O) groups is 1. The molecular weight excluding hydrogens is 288 g/mol. The predicted octanol–water partition coefficient (Wildman–Crippen LogP) is 1.03. The third-order valence-corrected chi connectivity index (χ3v) is 5.06. The van der Waals surface area contributed by atoms with E-state index in [1.165, 1.54) is 16.1 Å². The van der Waals surface area contributed by atoms with E-state index in [1.807, 2.05) is 31.2 Å². The quantitative estimate of drug-likeness (QED) is 0.838. The maximum absolute atomic E-state index is 12.3. The Labute approximate surface area is 126 Å². The molecule has 0 bridgehead atoms. The topological polar surface area (TPSA) is 57.7 Å². The molecule has 6 heteroatoms. The fourth-order valence-corrected chi connectivity index (χ4v) is 3.34. The minimum atomic E-state index is -3.17. The van der Waals surface area contributed by atoms with E-state index >= 15 is 0 Å². The number of amides is 1. The van der Waals surface area contributed by atoms with Crippen LogP contribution in [0.25, 0.3) is 0 Å².